The van der Waals surface area contributed by atoms with Crippen molar-refractivity contribution in [3.63, 3.8) is 0 Å². The van der Waals surface area contributed by atoms with E-state index in [9.17, 15) is 0 Å². The van der Waals surface area contributed by atoms with Crippen molar-refractivity contribution in [2.45, 2.75) is 39.5 Å². The van der Waals surface area contributed by atoms with E-state index in [-0.39, 0.29) is 5.41 Å². The minimum absolute atomic E-state index is 0.183. The SMILES string of the molecule is Cc1cc(CCN)nn1-c1ccc(C(C)(C)C)cc1. The average Bonchev–Trinajstić information content (AvgIpc) is 2.70. The van der Waals surface area contributed by atoms with Gasteiger partial charge in [-0.3, -0.25) is 0 Å². The molecule has 0 bridgehead atoms. The van der Waals surface area contributed by atoms with Crippen LogP contribution in [0.25, 0.3) is 5.69 Å². The van der Waals surface area contributed by atoms with Crippen molar-refractivity contribution in [3.8, 4) is 5.69 Å². The third kappa shape index (κ3) is 3.04. The highest BCUT2D eigenvalue weighted by Crippen LogP contribution is 2.23. The Hall–Kier alpha value is -1.61. The van der Waals surface area contributed by atoms with Crippen LogP contribution >= 0.6 is 0 Å². The predicted octanol–water partition coefficient (Wildman–Crippen LogP) is 2.98. The molecule has 0 aliphatic heterocycles. The standard InChI is InChI=1S/C16H23N3/c1-12-11-14(9-10-17)18-19(12)15-7-5-13(6-8-15)16(2,3)4/h5-8,11H,9-10,17H2,1-4H3. The third-order valence-electron chi connectivity index (χ3n) is 3.32. The lowest BCUT2D eigenvalue weighted by Crippen LogP contribution is -2.11. The van der Waals surface area contributed by atoms with Gasteiger partial charge in [0.15, 0.2) is 0 Å². The molecule has 3 heteroatoms. The fourth-order valence-corrected chi connectivity index (χ4v) is 2.17. The van der Waals surface area contributed by atoms with Gasteiger partial charge in [0.2, 0.25) is 0 Å². The summed E-state index contributed by atoms with van der Waals surface area (Å²) in [4.78, 5) is 0. The highest BCUT2D eigenvalue weighted by Gasteiger charge is 2.13. The van der Waals surface area contributed by atoms with E-state index in [1.54, 1.807) is 0 Å². The number of hydrogen-bond donors (Lipinski definition) is 1. The molecule has 1 aromatic carbocycles. The number of nitrogens with two attached hydrogens (primary N) is 1. The van der Waals surface area contributed by atoms with E-state index in [0.29, 0.717) is 6.54 Å². The molecule has 102 valence electrons. The summed E-state index contributed by atoms with van der Waals surface area (Å²) in [6.07, 6.45) is 0.827. The number of rotatable bonds is 3. The lowest BCUT2D eigenvalue weighted by Gasteiger charge is -2.19. The zero-order valence-corrected chi connectivity index (χ0v) is 12.3. The fourth-order valence-electron chi connectivity index (χ4n) is 2.17. The molecular formula is C16H23N3. The molecule has 19 heavy (non-hydrogen) atoms. The van der Waals surface area contributed by atoms with Crippen LogP contribution in [-0.2, 0) is 11.8 Å². The zero-order chi connectivity index (χ0) is 14.0. The minimum Gasteiger partial charge on any atom is -0.330 e. The molecule has 3 nitrogen and oxygen atoms in total. The molecule has 1 heterocycles. The Bertz CT molecular complexity index is 544. The highest BCUT2D eigenvalue weighted by atomic mass is 15.3. The Kier molecular flexibility index (Phi) is 3.76. The summed E-state index contributed by atoms with van der Waals surface area (Å²) in [6.45, 7) is 9.38. The lowest BCUT2D eigenvalue weighted by atomic mass is 9.87. The Morgan fingerprint density at radius 2 is 1.79 bits per heavy atom. The van der Waals surface area contributed by atoms with E-state index >= 15 is 0 Å². The molecular weight excluding hydrogens is 234 g/mol. The van der Waals surface area contributed by atoms with Gasteiger partial charge in [-0.15, -0.1) is 0 Å². The molecule has 1 aromatic heterocycles. The van der Waals surface area contributed by atoms with Crippen molar-refractivity contribution in [1.82, 2.24) is 9.78 Å². The maximum absolute atomic E-state index is 5.58. The fraction of sp³-hybridized carbons (Fsp3) is 0.438. The smallest absolute Gasteiger partial charge is 0.0648 e. The molecule has 0 spiro atoms. The Labute approximate surface area is 115 Å². The molecule has 0 saturated heterocycles. The molecule has 0 amide bonds. The summed E-state index contributed by atoms with van der Waals surface area (Å²) in [5, 5.41) is 4.60. The number of aromatic nitrogens is 2. The molecule has 0 fully saturated rings. The van der Waals surface area contributed by atoms with Crippen LogP contribution in [0.3, 0.4) is 0 Å². The van der Waals surface area contributed by atoms with Gasteiger partial charge < -0.3 is 5.73 Å². The first-order valence-electron chi connectivity index (χ1n) is 6.78. The molecule has 0 atom stereocenters. The zero-order valence-electron chi connectivity index (χ0n) is 12.3. The van der Waals surface area contributed by atoms with Gasteiger partial charge in [-0.2, -0.15) is 5.10 Å². The van der Waals surface area contributed by atoms with Crippen molar-refractivity contribution in [2.75, 3.05) is 6.54 Å². The Balaban J connectivity index is 2.32. The van der Waals surface area contributed by atoms with Crippen molar-refractivity contribution in [2.24, 2.45) is 5.73 Å². The second-order valence-corrected chi connectivity index (χ2v) is 6.02. The van der Waals surface area contributed by atoms with Gasteiger partial charge in [-0.05, 0) is 42.6 Å². The molecule has 2 aromatic rings. The first-order chi connectivity index (χ1) is 8.91. The summed E-state index contributed by atoms with van der Waals surface area (Å²) >= 11 is 0. The summed E-state index contributed by atoms with van der Waals surface area (Å²) < 4.78 is 1.98. The first kappa shape index (κ1) is 13.8. The van der Waals surface area contributed by atoms with Crippen LogP contribution < -0.4 is 5.73 Å². The third-order valence-corrected chi connectivity index (χ3v) is 3.32. The van der Waals surface area contributed by atoms with Crippen molar-refractivity contribution in [1.29, 1.82) is 0 Å². The average molecular weight is 257 g/mol. The van der Waals surface area contributed by atoms with Crippen LogP contribution in [-0.4, -0.2) is 16.3 Å². The van der Waals surface area contributed by atoms with Crippen molar-refractivity contribution < 1.29 is 0 Å². The second-order valence-electron chi connectivity index (χ2n) is 6.02. The summed E-state index contributed by atoms with van der Waals surface area (Å²) in [7, 11) is 0. The van der Waals surface area contributed by atoms with Gasteiger partial charge >= 0.3 is 0 Å². The van der Waals surface area contributed by atoms with Crippen molar-refractivity contribution >= 4 is 0 Å². The van der Waals surface area contributed by atoms with Crippen molar-refractivity contribution in [3.05, 3.63) is 47.3 Å². The van der Waals surface area contributed by atoms with E-state index in [1.165, 1.54) is 5.56 Å². The predicted molar refractivity (Wildman–Crippen MR) is 79.8 cm³/mol. The number of aryl methyl sites for hydroxylation is 1. The van der Waals surface area contributed by atoms with Crippen LogP contribution in [0.5, 0.6) is 0 Å². The Morgan fingerprint density at radius 1 is 1.16 bits per heavy atom. The van der Waals surface area contributed by atoms with E-state index in [1.807, 2.05) is 4.68 Å². The topological polar surface area (TPSA) is 43.8 Å². The van der Waals surface area contributed by atoms with Gasteiger partial charge in [0, 0.05) is 12.1 Å². The maximum Gasteiger partial charge on any atom is 0.0648 e. The van der Waals surface area contributed by atoms with Crippen LogP contribution in [0.4, 0.5) is 0 Å². The number of benzene rings is 1. The van der Waals surface area contributed by atoms with Gasteiger partial charge in [-0.25, -0.2) is 4.68 Å². The minimum atomic E-state index is 0.183. The van der Waals surface area contributed by atoms with Crippen LogP contribution in [0.2, 0.25) is 0 Å². The van der Waals surface area contributed by atoms with Crippen LogP contribution in [0.15, 0.2) is 30.3 Å². The van der Waals surface area contributed by atoms with E-state index < -0.39 is 0 Å². The van der Waals surface area contributed by atoms with E-state index in [2.05, 4.69) is 63.1 Å². The molecule has 2 rings (SSSR count). The van der Waals surface area contributed by atoms with Gasteiger partial charge in [0.25, 0.3) is 0 Å². The number of hydrogen-bond acceptors (Lipinski definition) is 2. The molecule has 0 aliphatic rings. The normalized spacial score (nSPS) is 11.8. The summed E-state index contributed by atoms with van der Waals surface area (Å²) in [5.41, 5.74) is 10.4. The number of nitrogens with zero attached hydrogens (tertiary/aromatic N) is 2. The van der Waals surface area contributed by atoms with Gasteiger partial charge in [0.1, 0.15) is 0 Å². The quantitative estimate of drug-likeness (QED) is 0.918. The summed E-state index contributed by atoms with van der Waals surface area (Å²) in [5.74, 6) is 0. The molecule has 0 aliphatic carbocycles. The first-order valence-corrected chi connectivity index (χ1v) is 6.78. The maximum atomic E-state index is 5.58. The monoisotopic (exact) mass is 257 g/mol. The molecule has 0 saturated carbocycles. The van der Waals surface area contributed by atoms with E-state index in [0.717, 1.165) is 23.5 Å². The largest absolute Gasteiger partial charge is 0.330 e. The second kappa shape index (κ2) is 5.17. The van der Waals surface area contributed by atoms with Gasteiger partial charge in [-0.1, -0.05) is 32.9 Å². The van der Waals surface area contributed by atoms with E-state index in [4.69, 9.17) is 5.73 Å². The summed E-state index contributed by atoms with van der Waals surface area (Å²) in [6, 6.07) is 10.7. The van der Waals surface area contributed by atoms with Crippen LogP contribution in [0.1, 0.15) is 37.7 Å². The molecule has 2 N–H and O–H groups in total. The molecule has 0 unspecified atom stereocenters. The Morgan fingerprint density at radius 3 is 2.32 bits per heavy atom. The van der Waals surface area contributed by atoms with Crippen LogP contribution in [0, 0.1) is 6.92 Å². The van der Waals surface area contributed by atoms with Gasteiger partial charge in [0.05, 0.1) is 11.4 Å². The highest BCUT2D eigenvalue weighted by molar-refractivity contribution is 5.38. The lowest BCUT2D eigenvalue weighted by molar-refractivity contribution is 0.590. The molecule has 0 radical (unpaired) electrons.